The van der Waals surface area contributed by atoms with E-state index in [2.05, 4.69) is 22.0 Å². The molecule has 0 atom stereocenters. The van der Waals surface area contributed by atoms with Crippen molar-refractivity contribution < 1.29 is 4.52 Å². The molecule has 0 aliphatic rings. The maximum atomic E-state index is 5.70. The van der Waals surface area contributed by atoms with E-state index in [9.17, 15) is 0 Å². The predicted octanol–water partition coefficient (Wildman–Crippen LogP) is 3.00. The Labute approximate surface area is 114 Å². The number of nitrogen functional groups attached to an aromatic ring is 1. The van der Waals surface area contributed by atoms with Gasteiger partial charge in [-0.15, -0.1) is 11.3 Å². The Bertz CT molecular complexity index is 704. The van der Waals surface area contributed by atoms with Crippen molar-refractivity contribution in [3.05, 3.63) is 36.0 Å². The van der Waals surface area contributed by atoms with Gasteiger partial charge in [-0.25, -0.2) is 0 Å². The summed E-state index contributed by atoms with van der Waals surface area (Å²) in [5.74, 6) is 0.990. The first-order chi connectivity index (χ1) is 9.28. The summed E-state index contributed by atoms with van der Waals surface area (Å²) in [6.45, 7) is 2.07. The van der Waals surface area contributed by atoms with E-state index < -0.39 is 0 Å². The van der Waals surface area contributed by atoms with Crippen molar-refractivity contribution in [1.29, 1.82) is 0 Å². The van der Waals surface area contributed by atoms with Crippen LogP contribution in [0.3, 0.4) is 0 Å². The van der Waals surface area contributed by atoms with Gasteiger partial charge in [0.25, 0.3) is 5.89 Å². The number of aryl methyl sites for hydroxylation is 1. The van der Waals surface area contributed by atoms with Gasteiger partial charge in [-0.05, 0) is 30.2 Å². The van der Waals surface area contributed by atoms with Gasteiger partial charge < -0.3 is 10.3 Å². The zero-order valence-corrected chi connectivity index (χ0v) is 11.1. The molecule has 19 heavy (non-hydrogen) atoms. The van der Waals surface area contributed by atoms with Crippen LogP contribution in [0.4, 0.5) is 5.00 Å². The minimum absolute atomic E-state index is 0.476. The van der Waals surface area contributed by atoms with Gasteiger partial charge in [0.15, 0.2) is 0 Å². The summed E-state index contributed by atoms with van der Waals surface area (Å²) in [4.78, 5) is 9.58. The minimum atomic E-state index is 0.476. The molecule has 5 nitrogen and oxygen atoms in total. The van der Waals surface area contributed by atoms with Gasteiger partial charge in [0.1, 0.15) is 5.69 Å². The standard InChI is InChI=1S/C13H12N4OS/c1-2-8-4-3-7-15-11(8)12-16-13(18-17-12)9-5-6-10(14)19-9/h3-7H,2,14H2,1H3. The molecular formula is C13H12N4OS. The Morgan fingerprint density at radius 1 is 1.32 bits per heavy atom. The van der Waals surface area contributed by atoms with Crippen LogP contribution in [0.1, 0.15) is 12.5 Å². The number of anilines is 1. The summed E-state index contributed by atoms with van der Waals surface area (Å²) >= 11 is 1.42. The maximum Gasteiger partial charge on any atom is 0.268 e. The average molecular weight is 272 g/mol. The first-order valence-electron chi connectivity index (χ1n) is 5.91. The monoisotopic (exact) mass is 272 g/mol. The van der Waals surface area contributed by atoms with Crippen molar-refractivity contribution in [1.82, 2.24) is 15.1 Å². The first kappa shape index (κ1) is 11.9. The normalized spacial score (nSPS) is 10.8. The highest BCUT2D eigenvalue weighted by atomic mass is 32.1. The molecule has 0 saturated heterocycles. The van der Waals surface area contributed by atoms with Crippen LogP contribution in [0.2, 0.25) is 0 Å². The largest absolute Gasteiger partial charge is 0.391 e. The summed E-state index contributed by atoms with van der Waals surface area (Å²) in [7, 11) is 0. The average Bonchev–Trinajstić information content (AvgIpc) is 3.07. The molecule has 3 aromatic heterocycles. The first-order valence-corrected chi connectivity index (χ1v) is 6.73. The van der Waals surface area contributed by atoms with Crippen molar-refractivity contribution in [2.24, 2.45) is 0 Å². The molecule has 0 unspecified atom stereocenters. The van der Waals surface area contributed by atoms with E-state index in [1.54, 1.807) is 6.20 Å². The molecule has 3 heterocycles. The SMILES string of the molecule is CCc1cccnc1-c1noc(-c2ccc(N)s2)n1. The van der Waals surface area contributed by atoms with Gasteiger partial charge in [-0.2, -0.15) is 4.98 Å². The van der Waals surface area contributed by atoms with E-state index in [-0.39, 0.29) is 0 Å². The Balaban J connectivity index is 2.01. The van der Waals surface area contributed by atoms with Crippen LogP contribution in [0.5, 0.6) is 0 Å². The molecule has 6 heteroatoms. The third-order valence-electron chi connectivity index (χ3n) is 2.75. The highest BCUT2D eigenvalue weighted by molar-refractivity contribution is 7.19. The van der Waals surface area contributed by atoms with E-state index in [0.717, 1.165) is 27.6 Å². The molecule has 3 aromatic rings. The van der Waals surface area contributed by atoms with Gasteiger partial charge in [-0.3, -0.25) is 4.98 Å². The van der Waals surface area contributed by atoms with Crippen molar-refractivity contribution in [3.63, 3.8) is 0 Å². The van der Waals surface area contributed by atoms with Gasteiger partial charge in [0.05, 0.1) is 9.88 Å². The summed E-state index contributed by atoms with van der Waals surface area (Å²) < 4.78 is 5.27. The molecule has 0 fully saturated rings. The Hall–Kier alpha value is -2.21. The van der Waals surface area contributed by atoms with Gasteiger partial charge >= 0.3 is 0 Å². The van der Waals surface area contributed by atoms with Gasteiger partial charge in [0.2, 0.25) is 5.82 Å². The van der Waals surface area contributed by atoms with Crippen LogP contribution in [0.25, 0.3) is 22.3 Å². The lowest BCUT2D eigenvalue weighted by molar-refractivity contribution is 0.433. The van der Waals surface area contributed by atoms with E-state index in [0.29, 0.717) is 11.7 Å². The Morgan fingerprint density at radius 2 is 2.21 bits per heavy atom. The highest BCUT2D eigenvalue weighted by Crippen LogP contribution is 2.29. The third kappa shape index (κ3) is 2.22. The molecule has 0 bridgehead atoms. The van der Waals surface area contributed by atoms with Crippen molar-refractivity contribution in [2.45, 2.75) is 13.3 Å². The number of nitrogens with zero attached hydrogens (tertiary/aromatic N) is 3. The van der Waals surface area contributed by atoms with Crippen molar-refractivity contribution >= 4 is 16.3 Å². The minimum Gasteiger partial charge on any atom is -0.391 e. The zero-order valence-electron chi connectivity index (χ0n) is 10.3. The molecule has 0 saturated carbocycles. The number of rotatable bonds is 3. The lowest BCUT2D eigenvalue weighted by Gasteiger charge is -2.00. The molecule has 0 aliphatic heterocycles. The second kappa shape index (κ2) is 4.81. The van der Waals surface area contributed by atoms with Gasteiger partial charge in [0, 0.05) is 6.20 Å². The second-order valence-corrected chi connectivity index (χ2v) is 5.11. The van der Waals surface area contributed by atoms with Crippen LogP contribution in [0, 0.1) is 0 Å². The van der Waals surface area contributed by atoms with E-state index >= 15 is 0 Å². The fourth-order valence-corrected chi connectivity index (χ4v) is 2.51. The van der Waals surface area contributed by atoms with Crippen LogP contribution in [-0.2, 0) is 6.42 Å². The van der Waals surface area contributed by atoms with Crippen molar-refractivity contribution in [3.8, 4) is 22.3 Å². The molecule has 0 amide bonds. The summed E-state index contributed by atoms with van der Waals surface area (Å²) in [6.07, 6.45) is 2.60. The van der Waals surface area contributed by atoms with Gasteiger partial charge in [-0.1, -0.05) is 18.1 Å². The topological polar surface area (TPSA) is 77.8 Å². The molecule has 0 aromatic carbocycles. The maximum absolute atomic E-state index is 5.70. The quantitative estimate of drug-likeness (QED) is 0.793. The van der Waals surface area contributed by atoms with E-state index in [4.69, 9.17) is 10.3 Å². The molecule has 0 aliphatic carbocycles. The smallest absolute Gasteiger partial charge is 0.268 e. The Kier molecular flexibility index (Phi) is 3.00. The van der Waals surface area contributed by atoms with Crippen LogP contribution in [-0.4, -0.2) is 15.1 Å². The van der Waals surface area contributed by atoms with E-state index in [1.807, 2.05) is 24.3 Å². The number of thiophene rings is 1. The molecular weight excluding hydrogens is 260 g/mol. The Morgan fingerprint density at radius 3 is 2.95 bits per heavy atom. The summed E-state index contributed by atoms with van der Waals surface area (Å²) in [5.41, 5.74) is 7.56. The fourth-order valence-electron chi connectivity index (χ4n) is 1.81. The van der Waals surface area contributed by atoms with E-state index in [1.165, 1.54) is 11.3 Å². The summed E-state index contributed by atoms with van der Waals surface area (Å²) in [5, 5.41) is 4.72. The molecule has 2 N–H and O–H groups in total. The van der Waals surface area contributed by atoms with Crippen LogP contribution < -0.4 is 5.73 Å². The van der Waals surface area contributed by atoms with Crippen LogP contribution in [0.15, 0.2) is 35.0 Å². The number of pyridine rings is 1. The van der Waals surface area contributed by atoms with Crippen molar-refractivity contribution in [2.75, 3.05) is 5.73 Å². The summed E-state index contributed by atoms with van der Waals surface area (Å²) in [6, 6.07) is 7.61. The number of hydrogen-bond acceptors (Lipinski definition) is 6. The molecule has 3 rings (SSSR count). The zero-order chi connectivity index (χ0) is 13.2. The molecule has 0 spiro atoms. The number of nitrogens with two attached hydrogens (primary N) is 1. The number of hydrogen-bond donors (Lipinski definition) is 1. The second-order valence-electron chi connectivity index (χ2n) is 3.99. The molecule has 0 radical (unpaired) electrons. The lowest BCUT2D eigenvalue weighted by atomic mass is 10.1. The molecule has 96 valence electrons. The predicted molar refractivity (Wildman–Crippen MR) is 74.6 cm³/mol. The number of aromatic nitrogens is 3. The third-order valence-corrected chi connectivity index (χ3v) is 3.65. The van der Waals surface area contributed by atoms with Crippen LogP contribution >= 0.6 is 11.3 Å². The fraction of sp³-hybridized carbons (Fsp3) is 0.154. The highest BCUT2D eigenvalue weighted by Gasteiger charge is 2.15. The lowest BCUT2D eigenvalue weighted by Crippen LogP contribution is -1.92.